The fourth-order valence-electron chi connectivity index (χ4n) is 3.46. The van der Waals surface area contributed by atoms with Gasteiger partial charge in [0.05, 0.1) is 18.5 Å². The number of aromatic nitrogens is 4. The number of fused-ring (bicyclic) bond motifs is 1. The summed E-state index contributed by atoms with van der Waals surface area (Å²) < 4.78 is 7.95. The van der Waals surface area contributed by atoms with Crippen LogP contribution in [0.25, 0.3) is 11.0 Å². The summed E-state index contributed by atoms with van der Waals surface area (Å²) in [4.78, 5) is 11.3. The fourth-order valence-corrected chi connectivity index (χ4v) is 4.05. The van der Waals surface area contributed by atoms with E-state index in [9.17, 15) is 0 Å². The fraction of sp³-hybridized carbons (Fsp3) is 0.353. The summed E-state index contributed by atoms with van der Waals surface area (Å²) in [7, 11) is 3.60. The molecule has 0 bridgehead atoms. The molecule has 1 aromatic carbocycles. The molecule has 7 heteroatoms. The number of hydrogen-bond donors (Lipinski definition) is 0. The predicted molar refractivity (Wildman–Crippen MR) is 96.3 cm³/mol. The van der Waals surface area contributed by atoms with Crippen LogP contribution in [0, 0.1) is 0 Å². The first-order valence-electron chi connectivity index (χ1n) is 7.93. The molecule has 0 aliphatic carbocycles. The molecule has 0 N–H and O–H groups in total. The molecule has 1 unspecified atom stereocenters. The monoisotopic (exact) mass is 387 g/mol. The Morgan fingerprint density at radius 3 is 3.00 bits per heavy atom. The van der Waals surface area contributed by atoms with Crippen LogP contribution in [-0.4, -0.2) is 33.4 Å². The first-order valence-corrected chi connectivity index (χ1v) is 8.72. The smallest absolute Gasteiger partial charge is 0.164 e. The Morgan fingerprint density at radius 2 is 2.17 bits per heavy atom. The van der Waals surface area contributed by atoms with Gasteiger partial charge in [0, 0.05) is 13.6 Å². The summed E-state index contributed by atoms with van der Waals surface area (Å²) in [5, 5.41) is 5.40. The minimum atomic E-state index is 0.283. The summed E-state index contributed by atoms with van der Waals surface area (Å²) in [5.74, 6) is 1.82. The number of ether oxygens (including phenoxy) is 1. The second-order valence-electron chi connectivity index (χ2n) is 5.94. The van der Waals surface area contributed by atoms with Crippen LogP contribution in [0.3, 0.4) is 0 Å². The highest BCUT2D eigenvalue weighted by Crippen LogP contribution is 2.40. The highest BCUT2D eigenvalue weighted by molar-refractivity contribution is 9.10. The molecule has 2 aromatic heterocycles. The van der Waals surface area contributed by atoms with Gasteiger partial charge in [-0.3, -0.25) is 0 Å². The lowest BCUT2D eigenvalue weighted by molar-refractivity contribution is 0.414. The maximum atomic E-state index is 5.38. The number of aryl methyl sites for hydroxylation is 1. The van der Waals surface area contributed by atoms with E-state index in [0.29, 0.717) is 0 Å². The van der Waals surface area contributed by atoms with Gasteiger partial charge in [0.15, 0.2) is 5.65 Å². The molecule has 3 heterocycles. The van der Waals surface area contributed by atoms with E-state index >= 15 is 0 Å². The first-order chi connectivity index (χ1) is 11.7. The van der Waals surface area contributed by atoms with Crippen LogP contribution in [0.2, 0.25) is 0 Å². The Bertz CT molecular complexity index is 894. The minimum Gasteiger partial charge on any atom is -0.497 e. The molecule has 0 radical (unpaired) electrons. The van der Waals surface area contributed by atoms with Crippen LogP contribution in [0.1, 0.15) is 24.4 Å². The minimum absolute atomic E-state index is 0.283. The second-order valence-corrected chi connectivity index (χ2v) is 6.69. The summed E-state index contributed by atoms with van der Waals surface area (Å²) in [5.41, 5.74) is 2.08. The van der Waals surface area contributed by atoms with Crippen molar-refractivity contribution in [1.29, 1.82) is 0 Å². The lowest BCUT2D eigenvalue weighted by Gasteiger charge is -2.26. The summed E-state index contributed by atoms with van der Waals surface area (Å²) in [6.45, 7) is 0.968. The topological polar surface area (TPSA) is 56.1 Å². The molecule has 124 valence electrons. The molecule has 1 fully saturated rings. The van der Waals surface area contributed by atoms with Gasteiger partial charge in [-0.2, -0.15) is 5.10 Å². The summed E-state index contributed by atoms with van der Waals surface area (Å²) in [6.07, 6.45) is 3.84. The zero-order valence-electron chi connectivity index (χ0n) is 13.6. The average molecular weight is 388 g/mol. The molecule has 0 amide bonds. The molecular weight excluding hydrogens is 370 g/mol. The van der Waals surface area contributed by atoms with E-state index in [2.05, 4.69) is 48.0 Å². The molecule has 1 saturated heterocycles. The zero-order chi connectivity index (χ0) is 16.7. The molecule has 6 nitrogen and oxygen atoms in total. The highest BCUT2D eigenvalue weighted by atomic mass is 79.9. The van der Waals surface area contributed by atoms with Crippen LogP contribution in [0.4, 0.5) is 5.82 Å². The quantitative estimate of drug-likeness (QED) is 0.688. The normalized spacial score (nSPS) is 17.6. The van der Waals surface area contributed by atoms with Crippen molar-refractivity contribution in [3.8, 4) is 5.75 Å². The third-order valence-corrected chi connectivity index (χ3v) is 5.12. The number of methoxy groups -OCH3 is 1. The van der Waals surface area contributed by atoms with E-state index in [0.717, 1.165) is 46.6 Å². The Balaban J connectivity index is 1.81. The summed E-state index contributed by atoms with van der Waals surface area (Å²) in [6, 6.07) is 8.57. The molecule has 1 atom stereocenters. The lowest BCUT2D eigenvalue weighted by atomic mass is 10.0. The van der Waals surface area contributed by atoms with Crippen molar-refractivity contribution in [2.45, 2.75) is 18.9 Å². The molecular formula is C17H18BrN5O. The van der Waals surface area contributed by atoms with Crippen LogP contribution >= 0.6 is 15.9 Å². The Kier molecular flexibility index (Phi) is 3.88. The van der Waals surface area contributed by atoms with Crippen molar-refractivity contribution in [2.75, 3.05) is 18.6 Å². The number of benzene rings is 1. The van der Waals surface area contributed by atoms with Crippen LogP contribution in [0.5, 0.6) is 5.75 Å². The van der Waals surface area contributed by atoms with Gasteiger partial charge in [-0.15, -0.1) is 0 Å². The molecule has 1 aliphatic rings. The third kappa shape index (κ3) is 2.43. The van der Waals surface area contributed by atoms with Crippen molar-refractivity contribution in [2.24, 2.45) is 7.05 Å². The van der Waals surface area contributed by atoms with Crippen LogP contribution in [0.15, 0.2) is 35.2 Å². The van der Waals surface area contributed by atoms with E-state index in [1.165, 1.54) is 5.56 Å². The predicted octanol–water partition coefficient (Wildman–Crippen LogP) is 3.48. The Labute approximate surface area is 148 Å². The molecule has 24 heavy (non-hydrogen) atoms. The van der Waals surface area contributed by atoms with Crippen molar-refractivity contribution in [3.05, 3.63) is 40.8 Å². The van der Waals surface area contributed by atoms with Gasteiger partial charge < -0.3 is 9.64 Å². The van der Waals surface area contributed by atoms with Crippen molar-refractivity contribution >= 4 is 32.8 Å². The first kappa shape index (κ1) is 15.4. The van der Waals surface area contributed by atoms with Crippen LogP contribution in [-0.2, 0) is 7.05 Å². The number of halogens is 1. The number of nitrogens with zero attached hydrogens (tertiary/aromatic N) is 5. The Hall–Kier alpha value is -2.15. The highest BCUT2D eigenvalue weighted by Gasteiger charge is 2.30. The van der Waals surface area contributed by atoms with Gasteiger partial charge in [0.1, 0.15) is 22.5 Å². The third-order valence-electron chi connectivity index (χ3n) is 4.56. The molecule has 0 saturated carbocycles. The average Bonchev–Trinajstić information content (AvgIpc) is 3.20. The van der Waals surface area contributed by atoms with E-state index in [1.807, 2.05) is 19.2 Å². The number of rotatable bonds is 3. The molecule has 0 spiro atoms. The van der Waals surface area contributed by atoms with E-state index < -0.39 is 0 Å². The van der Waals surface area contributed by atoms with Gasteiger partial charge in [0.2, 0.25) is 0 Å². The number of anilines is 1. The standard InChI is InChI=1S/C17H18BrN5O/c1-22-16-14(15(18)21-22)17(20-10-19-16)23-8-4-7-13(23)11-5-3-6-12(9-11)24-2/h3,5-6,9-10,13H,4,7-8H2,1-2H3. The van der Waals surface area contributed by atoms with Gasteiger partial charge in [0.25, 0.3) is 0 Å². The van der Waals surface area contributed by atoms with Crippen molar-refractivity contribution in [1.82, 2.24) is 19.7 Å². The maximum Gasteiger partial charge on any atom is 0.164 e. The largest absolute Gasteiger partial charge is 0.497 e. The van der Waals surface area contributed by atoms with E-state index in [-0.39, 0.29) is 6.04 Å². The lowest BCUT2D eigenvalue weighted by Crippen LogP contribution is -2.24. The van der Waals surface area contributed by atoms with Gasteiger partial charge >= 0.3 is 0 Å². The molecule has 4 rings (SSSR count). The number of hydrogen-bond acceptors (Lipinski definition) is 5. The van der Waals surface area contributed by atoms with E-state index in [4.69, 9.17) is 4.74 Å². The van der Waals surface area contributed by atoms with Crippen LogP contribution < -0.4 is 9.64 Å². The maximum absolute atomic E-state index is 5.38. The van der Waals surface area contributed by atoms with Gasteiger partial charge in [-0.25, -0.2) is 14.6 Å². The second kappa shape index (κ2) is 6.05. The summed E-state index contributed by atoms with van der Waals surface area (Å²) >= 11 is 3.56. The molecule has 3 aromatic rings. The Morgan fingerprint density at radius 1 is 1.29 bits per heavy atom. The van der Waals surface area contributed by atoms with Crippen molar-refractivity contribution in [3.63, 3.8) is 0 Å². The molecule has 1 aliphatic heterocycles. The zero-order valence-corrected chi connectivity index (χ0v) is 15.2. The van der Waals surface area contributed by atoms with Gasteiger partial charge in [-0.1, -0.05) is 12.1 Å². The SMILES string of the molecule is COc1cccc(C2CCCN2c2ncnc3c2c(Br)nn3C)c1. The van der Waals surface area contributed by atoms with Crippen molar-refractivity contribution < 1.29 is 4.74 Å². The van der Waals surface area contributed by atoms with E-state index in [1.54, 1.807) is 18.1 Å². The van der Waals surface area contributed by atoms with Gasteiger partial charge in [-0.05, 0) is 46.5 Å².